The first kappa shape index (κ1) is 23.8. The van der Waals surface area contributed by atoms with Gasteiger partial charge in [-0.2, -0.15) is 0 Å². The first-order valence-corrected chi connectivity index (χ1v) is 13.0. The van der Waals surface area contributed by atoms with Gasteiger partial charge < -0.3 is 40.1 Å². The molecule has 0 saturated heterocycles. The lowest BCUT2D eigenvalue weighted by atomic mass is 10.3. The van der Waals surface area contributed by atoms with E-state index in [1.807, 2.05) is 20.8 Å². The molecule has 0 spiro atoms. The predicted molar refractivity (Wildman–Crippen MR) is 98.6 cm³/mol. The van der Waals surface area contributed by atoms with Crippen molar-refractivity contribution in [1.29, 1.82) is 0 Å². The van der Waals surface area contributed by atoms with Crippen LogP contribution in [0.2, 0.25) is 0 Å². The third-order valence-corrected chi connectivity index (χ3v) is 7.64. The number of hydrogen-bond donors (Lipinski definition) is 1. The topological polar surface area (TPSA) is 57.2 Å². The van der Waals surface area contributed by atoms with Crippen molar-refractivity contribution in [2.24, 2.45) is 0 Å². The molecule has 5 nitrogen and oxygen atoms in total. The van der Waals surface area contributed by atoms with Gasteiger partial charge in [0.1, 0.15) is 11.1 Å². The second kappa shape index (κ2) is 10.7. The van der Waals surface area contributed by atoms with Crippen LogP contribution in [0.5, 0.6) is 11.5 Å². The zero-order valence-electron chi connectivity index (χ0n) is 15.5. The Kier molecular flexibility index (Phi) is 10.7. The Bertz CT molecular complexity index is 479. The van der Waals surface area contributed by atoms with Gasteiger partial charge in [-0.1, -0.05) is 0 Å². The molecular weight excluding hydrogens is 411 g/mol. The first-order valence-electron chi connectivity index (χ1n) is 7.97. The maximum Gasteiger partial charge on any atom is 0.540 e. The fraction of sp³-hybridized carbons (Fsp3) is 0.625. The summed E-state index contributed by atoms with van der Waals surface area (Å²) in [5, 5.41) is 10.8. The summed E-state index contributed by atoms with van der Waals surface area (Å²) in [6.07, 6.45) is 0.264. The monoisotopic (exact) mass is 440 g/mol. The minimum Gasteiger partial charge on any atom is -1.00 e. The molecule has 0 aliphatic heterocycles. The third kappa shape index (κ3) is 6.98. The van der Waals surface area contributed by atoms with Crippen LogP contribution in [0.4, 0.5) is 0 Å². The summed E-state index contributed by atoms with van der Waals surface area (Å²) in [4.78, 5) is 0. The minimum atomic E-state index is -2.85. The highest BCUT2D eigenvalue weighted by Gasteiger charge is 2.42. The average molecular weight is 441 g/mol. The van der Waals surface area contributed by atoms with Crippen LogP contribution in [0.15, 0.2) is 18.2 Å². The normalized spacial score (nSPS) is 11.9. The largest absolute Gasteiger partial charge is 1.00 e. The van der Waals surface area contributed by atoms with Crippen LogP contribution in [0.1, 0.15) is 20.8 Å². The molecule has 0 aliphatic rings. The second-order valence-corrected chi connectivity index (χ2v) is 13.0. The van der Waals surface area contributed by atoms with Crippen molar-refractivity contribution in [3.8, 4) is 11.5 Å². The zero-order chi connectivity index (χ0) is 17.5. The molecule has 0 aliphatic carbocycles. The Labute approximate surface area is 158 Å². The standard InChI is InChI=1S/C16H29O5PSi.BrH/c1-7-19-23(20-8-2,21-9-3)13-18-15-11-10-14(17)12-16(15)22(4,5)6;/h10-12H,7-9,13H2,1-6H3;1H. The van der Waals surface area contributed by atoms with Gasteiger partial charge in [-0.05, 0) is 32.9 Å². The van der Waals surface area contributed by atoms with Crippen LogP contribution in [0, 0.1) is 0 Å². The molecule has 1 aromatic rings. The van der Waals surface area contributed by atoms with Gasteiger partial charge in [-0.25, -0.2) is 0 Å². The number of rotatable bonds is 10. The van der Waals surface area contributed by atoms with Crippen LogP contribution < -0.4 is 27.0 Å². The van der Waals surface area contributed by atoms with E-state index < -0.39 is 16.1 Å². The summed E-state index contributed by atoms with van der Waals surface area (Å²) in [5.41, 5.74) is 0. The van der Waals surface area contributed by atoms with Gasteiger partial charge in [-0.3, -0.25) is 0 Å². The summed E-state index contributed by atoms with van der Waals surface area (Å²) >= 11 is 0. The smallest absolute Gasteiger partial charge is 0.540 e. The quantitative estimate of drug-likeness (QED) is 0.406. The molecular formula is C16H30BrO5PSi. The molecule has 0 heterocycles. The summed E-state index contributed by atoms with van der Waals surface area (Å²) < 4.78 is 23.5. The number of benzene rings is 1. The van der Waals surface area contributed by atoms with E-state index in [4.69, 9.17) is 18.0 Å². The van der Waals surface area contributed by atoms with Gasteiger partial charge >= 0.3 is 8.80 Å². The summed E-state index contributed by atoms with van der Waals surface area (Å²) in [6.45, 7) is 13.9. The summed E-state index contributed by atoms with van der Waals surface area (Å²) in [6, 6.07) is 5.23. The highest BCUT2D eigenvalue weighted by molar-refractivity contribution is 7.81. The first-order chi connectivity index (χ1) is 10.8. The molecule has 0 radical (unpaired) electrons. The molecule has 0 bridgehead atoms. The zero-order valence-corrected chi connectivity index (χ0v) is 18.9. The van der Waals surface area contributed by atoms with Crippen molar-refractivity contribution >= 4 is 21.4 Å². The summed E-state index contributed by atoms with van der Waals surface area (Å²) in [5.74, 6) is 1.02. The molecule has 0 fully saturated rings. The van der Waals surface area contributed by atoms with Crippen LogP contribution in [0.25, 0.3) is 0 Å². The molecule has 24 heavy (non-hydrogen) atoms. The lowest BCUT2D eigenvalue weighted by Gasteiger charge is -2.28. The maximum absolute atomic E-state index is 9.78. The van der Waals surface area contributed by atoms with Gasteiger partial charge in [-0.15, -0.1) is 0 Å². The molecule has 1 N–H and O–H groups in total. The third-order valence-electron chi connectivity index (χ3n) is 3.16. The molecule has 0 amide bonds. The maximum atomic E-state index is 9.78. The fourth-order valence-corrected chi connectivity index (χ4v) is 5.70. The molecule has 0 unspecified atom stereocenters. The van der Waals surface area contributed by atoms with Crippen molar-refractivity contribution in [2.45, 2.75) is 20.8 Å². The van der Waals surface area contributed by atoms with Crippen molar-refractivity contribution < 1.29 is 40.1 Å². The van der Waals surface area contributed by atoms with E-state index in [1.54, 1.807) is 18.2 Å². The number of hydrogen-bond acceptors (Lipinski definition) is 5. The second-order valence-electron chi connectivity index (χ2n) is 5.94. The van der Waals surface area contributed by atoms with E-state index in [2.05, 4.69) is 20.0 Å². The van der Waals surface area contributed by atoms with E-state index in [9.17, 15) is 5.11 Å². The molecule has 8 heteroatoms. The van der Waals surface area contributed by atoms with Gasteiger partial charge in [0, 0.05) is 33.1 Å². The Hall–Kier alpha value is -0.173. The fourth-order valence-electron chi connectivity index (χ4n) is 2.23. The molecule has 0 aromatic heterocycles. The van der Waals surface area contributed by atoms with E-state index in [-0.39, 0.29) is 29.0 Å². The number of halogens is 1. The lowest BCUT2D eigenvalue weighted by Crippen LogP contribution is -3.00. The number of phenols is 1. The highest BCUT2D eigenvalue weighted by Crippen LogP contribution is 2.48. The molecule has 140 valence electrons. The number of ether oxygens (including phenoxy) is 1. The van der Waals surface area contributed by atoms with Crippen molar-refractivity contribution in [3.63, 3.8) is 0 Å². The van der Waals surface area contributed by atoms with Gasteiger partial charge in [0.05, 0.1) is 20.0 Å². The molecule has 0 atom stereocenters. The van der Waals surface area contributed by atoms with Crippen LogP contribution in [-0.2, 0) is 13.3 Å². The lowest BCUT2D eigenvalue weighted by molar-refractivity contribution is -0.0000180. The minimum absolute atomic E-state index is 0. The van der Waals surface area contributed by atoms with Gasteiger partial charge in [0.25, 0.3) is 0 Å². The Balaban J connectivity index is 0.00000529. The number of aromatic hydroxyl groups is 1. The van der Waals surface area contributed by atoms with E-state index in [0.717, 1.165) is 11.1 Å². The van der Waals surface area contributed by atoms with E-state index in [0.29, 0.717) is 19.8 Å². The molecule has 0 saturated carbocycles. The van der Waals surface area contributed by atoms with Crippen LogP contribution >= 0.6 is 7.26 Å². The number of phenolic OH excluding ortho intramolecular Hbond substituents is 1. The predicted octanol–water partition coefficient (Wildman–Crippen LogP) is -0.105. The van der Waals surface area contributed by atoms with Gasteiger partial charge in [0.2, 0.25) is 0 Å². The van der Waals surface area contributed by atoms with Crippen molar-refractivity contribution in [2.75, 3.05) is 46.0 Å². The van der Waals surface area contributed by atoms with Crippen LogP contribution in [0.3, 0.4) is 0 Å². The highest BCUT2D eigenvalue weighted by atomic mass is 79.9. The Morgan fingerprint density at radius 2 is 1.46 bits per heavy atom. The van der Waals surface area contributed by atoms with Crippen molar-refractivity contribution in [1.82, 2.24) is 0 Å². The van der Waals surface area contributed by atoms with Crippen molar-refractivity contribution in [3.05, 3.63) is 18.2 Å². The van der Waals surface area contributed by atoms with E-state index in [1.165, 1.54) is 0 Å². The van der Waals surface area contributed by atoms with E-state index >= 15 is 0 Å². The average Bonchev–Trinajstić information content (AvgIpc) is 2.46. The van der Waals surface area contributed by atoms with Crippen LogP contribution in [-0.4, -0.2) is 60.0 Å². The Morgan fingerprint density at radius 3 is 1.88 bits per heavy atom. The Morgan fingerprint density at radius 1 is 0.958 bits per heavy atom. The summed E-state index contributed by atoms with van der Waals surface area (Å²) in [7, 11) is -4.20. The van der Waals surface area contributed by atoms with Gasteiger partial charge in [0.15, 0.2) is 12.0 Å². The molecule has 1 aromatic carbocycles. The molecule has 1 rings (SSSR count). The SMILES string of the molecule is CCO[Si](COc1ccc(O)cc1[P+](C)(C)C)(OCC)OCC.[Br-].